The lowest BCUT2D eigenvalue weighted by atomic mass is 9.76. The number of benzene rings is 1. The van der Waals surface area contributed by atoms with Crippen molar-refractivity contribution < 1.29 is 17.7 Å². The number of carbonyl (C=O) groups excluding carboxylic acids is 1. The Morgan fingerprint density at radius 1 is 0.850 bits per heavy atom. The van der Waals surface area contributed by atoms with Crippen LogP contribution in [0.1, 0.15) is 114 Å². The Bertz CT molecular complexity index is 1200. The molecule has 1 amide bonds. The van der Waals surface area contributed by atoms with Crippen molar-refractivity contribution in [3.8, 4) is 11.3 Å². The Labute approximate surface area is 250 Å². The molecule has 0 spiro atoms. The molecule has 0 bridgehead atoms. The highest BCUT2D eigenvalue weighted by molar-refractivity contribution is 7.71. The third-order valence-electron chi connectivity index (χ3n) is 9.58. The van der Waals surface area contributed by atoms with Crippen LogP contribution in [0.5, 0.6) is 0 Å². The molecule has 6 nitrogen and oxygen atoms in total. The molecule has 5 rings (SSSR count). The highest BCUT2D eigenvalue weighted by Crippen LogP contribution is 2.47. The summed E-state index contributed by atoms with van der Waals surface area (Å²) in [6, 6.07) is 5.61. The second-order valence-corrected chi connectivity index (χ2v) is 13.9. The number of amides is 1. The Kier molecular flexibility index (Phi) is 10.5. The summed E-state index contributed by atoms with van der Waals surface area (Å²) in [4.78, 5) is 12.2. The van der Waals surface area contributed by atoms with Gasteiger partial charge in [-0.1, -0.05) is 105 Å². The Hall–Kier alpha value is -1.57. The van der Waals surface area contributed by atoms with Gasteiger partial charge in [0.25, 0.3) is 0 Å². The SMILES string of the molecule is O=C(N[SH](=O)=O)C1CCCC(C2CCCCC(Cc3c(-c4c(Cl)cccc4Cl)noc3C3CC3)CCC2)CCC1. The minimum atomic E-state index is -2.86. The molecular weight excluding hydrogens is 567 g/mol. The fourth-order valence-corrected chi connectivity index (χ4v) is 8.26. The van der Waals surface area contributed by atoms with E-state index in [-0.39, 0.29) is 11.8 Å². The van der Waals surface area contributed by atoms with Crippen molar-refractivity contribution >= 4 is 40.0 Å². The predicted molar refractivity (Wildman–Crippen MR) is 160 cm³/mol. The molecule has 40 heavy (non-hydrogen) atoms. The van der Waals surface area contributed by atoms with E-state index in [2.05, 4.69) is 9.88 Å². The highest BCUT2D eigenvalue weighted by Gasteiger charge is 2.34. The molecular formula is C31H42Cl2N2O4S. The summed E-state index contributed by atoms with van der Waals surface area (Å²) in [5.74, 6) is 3.10. The summed E-state index contributed by atoms with van der Waals surface area (Å²) >= 11 is 13.2. The number of rotatable bonds is 7. The van der Waals surface area contributed by atoms with Crippen LogP contribution in [-0.4, -0.2) is 19.5 Å². The molecule has 220 valence electrons. The Morgan fingerprint density at radius 3 is 2.05 bits per heavy atom. The van der Waals surface area contributed by atoms with Crippen molar-refractivity contribution in [2.75, 3.05) is 0 Å². The first-order valence-corrected chi connectivity index (χ1v) is 17.2. The number of nitrogens with zero attached hydrogens (tertiary/aromatic N) is 1. The third-order valence-corrected chi connectivity index (χ3v) is 10.6. The van der Waals surface area contributed by atoms with Gasteiger partial charge >= 0.3 is 0 Å². The average molecular weight is 610 g/mol. The quantitative estimate of drug-likeness (QED) is 0.309. The highest BCUT2D eigenvalue weighted by atomic mass is 35.5. The fraction of sp³-hybridized carbons (Fsp3) is 0.677. The maximum Gasteiger partial charge on any atom is 0.236 e. The molecule has 9 heteroatoms. The van der Waals surface area contributed by atoms with E-state index in [0.717, 1.165) is 80.7 Å². The van der Waals surface area contributed by atoms with E-state index in [1.807, 2.05) is 18.2 Å². The van der Waals surface area contributed by atoms with Gasteiger partial charge in [-0.25, -0.2) is 8.42 Å². The van der Waals surface area contributed by atoms with Crippen molar-refractivity contribution in [2.45, 2.75) is 109 Å². The number of aromatic nitrogens is 1. The topological polar surface area (TPSA) is 89.3 Å². The molecule has 3 fully saturated rings. The Morgan fingerprint density at radius 2 is 1.43 bits per heavy atom. The lowest BCUT2D eigenvalue weighted by Crippen LogP contribution is -2.30. The van der Waals surface area contributed by atoms with Gasteiger partial charge in [0, 0.05) is 23.0 Å². The van der Waals surface area contributed by atoms with Gasteiger partial charge in [-0.05, 0) is 62.0 Å². The number of hydrogen-bond acceptors (Lipinski definition) is 5. The lowest BCUT2D eigenvalue weighted by molar-refractivity contribution is -0.123. The van der Waals surface area contributed by atoms with Crippen LogP contribution >= 0.6 is 23.2 Å². The molecule has 0 aliphatic heterocycles. The van der Waals surface area contributed by atoms with Crippen LogP contribution in [0.3, 0.4) is 0 Å². The van der Waals surface area contributed by atoms with Crippen LogP contribution in [0.15, 0.2) is 22.7 Å². The summed E-state index contributed by atoms with van der Waals surface area (Å²) in [5.41, 5.74) is 2.85. The molecule has 3 aliphatic rings. The normalized spacial score (nSPS) is 26.8. The van der Waals surface area contributed by atoms with Crippen molar-refractivity contribution in [3.63, 3.8) is 0 Å². The maximum absolute atomic E-state index is 12.2. The maximum atomic E-state index is 12.2. The van der Waals surface area contributed by atoms with Gasteiger partial charge in [0.15, 0.2) is 0 Å². The standard InChI is InChI=1S/C31H42Cl2N2O4S/c32-26-15-6-16-27(33)28(26)29-25(30(39-34-29)23-17-18-23)19-20-7-1-2-9-21(10-3-8-20)22-11-4-13-24(14-5-12-22)31(36)35-40(37)38/h6,15-16,20-24,40H,1-5,7-14,17-19H2,(H,35,36,37,38). The van der Waals surface area contributed by atoms with Crippen LogP contribution in [0.4, 0.5) is 0 Å². The van der Waals surface area contributed by atoms with E-state index < -0.39 is 10.9 Å². The Balaban J connectivity index is 1.20. The van der Waals surface area contributed by atoms with Gasteiger partial charge in [-0.3, -0.25) is 9.52 Å². The molecule has 1 heterocycles. The zero-order chi connectivity index (χ0) is 28.1. The van der Waals surface area contributed by atoms with Crippen LogP contribution in [0.25, 0.3) is 11.3 Å². The van der Waals surface area contributed by atoms with Crippen LogP contribution < -0.4 is 4.72 Å². The average Bonchev–Trinajstić information content (AvgIpc) is 3.63. The number of hydrogen-bond donors (Lipinski definition) is 2. The third kappa shape index (κ3) is 7.63. The van der Waals surface area contributed by atoms with Gasteiger partial charge in [-0.15, -0.1) is 0 Å². The molecule has 1 aromatic carbocycles. The van der Waals surface area contributed by atoms with Crippen molar-refractivity contribution in [3.05, 3.63) is 39.6 Å². The van der Waals surface area contributed by atoms with E-state index in [9.17, 15) is 13.2 Å². The smallest absolute Gasteiger partial charge is 0.236 e. The van der Waals surface area contributed by atoms with Gasteiger partial charge in [-0.2, -0.15) is 0 Å². The van der Waals surface area contributed by atoms with Crippen LogP contribution in [0, 0.1) is 23.7 Å². The van der Waals surface area contributed by atoms with Crippen LogP contribution in [-0.2, 0) is 22.1 Å². The first-order chi connectivity index (χ1) is 19.4. The fourth-order valence-electron chi connectivity index (χ4n) is 7.32. The lowest BCUT2D eigenvalue weighted by Gasteiger charge is -2.30. The summed E-state index contributed by atoms with van der Waals surface area (Å²) < 4.78 is 29.9. The first kappa shape index (κ1) is 29.9. The zero-order valence-electron chi connectivity index (χ0n) is 23.2. The molecule has 0 saturated heterocycles. The molecule has 2 aromatic rings. The minimum Gasteiger partial charge on any atom is -0.360 e. The minimum absolute atomic E-state index is 0.168. The van der Waals surface area contributed by atoms with Crippen molar-refractivity contribution in [1.82, 2.24) is 9.88 Å². The molecule has 1 N–H and O–H groups in total. The predicted octanol–water partition coefficient (Wildman–Crippen LogP) is 8.27. The second kappa shape index (κ2) is 14.1. The van der Waals surface area contributed by atoms with E-state index in [1.165, 1.54) is 50.5 Å². The van der Waals surface area contributed by atoms with Crippen LogP contribution in [0.2, 0.25) is 10.0 Å². The summed E-state index contributed by atoms with van der Waals surface area (Å²) in [5, 5.41) is 5.75. The summed E-state index contributed by atoms with van der Waals surface area (Å²) in [7, 11) is -2.86. The van der Waals surface area contributed by atoms with Gasteiger partial charge in [0.1, 0.15) is 11.5 Å². The van der Waals surface area contributed by atoms with E-state index >= 15 is 0 Å². The van der Waals surface area contributed by atoms with Gasteiger partial charge in [0.05, 0.1) is 10.0 Å². The van der Waals surface area contributed by atoms with Crippen molar-refractivity contribution in [1.29, 1.82) is 0 Å². The van der Waals surface area contributed by atoms with Gasteiger partial charge < -0.3 is 4.52 Å². The zero-order valence-corrected chi connectivity index (χ0v) is 25.6. The largest absolute Gasteiger partial charge is 0.360 e. The number of carbonyl (C=O) groups is 1. The number of nitrogens with one attached hydrogen (secondary N) is 1. The molecule has 0 radical (unpaired) electrons. The molecule has 3 saturated carbocycles. The number of halogens is 2. The molecule has 1 aromatic heterocycles. The number of thiol groups is 1. The first-order valence-electron chi connectivity index (χ1n) is 15.3. The molecule has 2 atom stereocenters. The second-order valence-electron chi connectivity index (χ2n) is 12.3. The summed E-state index contributed by atoms with van der Waals surface area (Å²) in [6.45, 7) is 0. The van der Waals surface area contributed by atoms with E-state index in [0.29, 0.717) is 27.8 Å². The summed E-state index contributed by atoms with van der Waals surface area (Å²) in [6.07, 6.45) is 17.9. The van der Waals surface area contributed by atoms with E-state index in [1.54, 1.807) is 0 Å². The molecule has 3 aliphatic carbocycles. The van der Waals surface area contributed by atoms with Crippen molar-refractivity contribution in [2.24, 2.45) is 23.7 Å². The molecule has 2 unspecified atom stereocenters. The monoisotopic (exact) mass is 608 g/mol. The van der Waals surface area contributed by atoms with Gasteiger partial charge in [0.2, 0.25) is 16.8 Å². The van der Waals surface area contributed by atoms with E-state index in [4.69, 9.17) is 27.7 Å².